The Hall–Kier alpha value is -2.15. The molecule has 3 aromatic rings. The Morgan fingerprint density at radius 3 is 2.82 bits per heavy atom. The van der Waals surface area contributed by atoms with Gasteiger partial charge in [0.25, 0.3) is 5.91 Å². The van der Waals surface area contributed by atoms with Gasteiger partial charge in [0, 0.05) is 16.7 Å². The third-order valence-electron chi connectivity index (χ3n) is 3.36. The van der Waals surface area contributed by atoms with Gasteiger partial charge in [-0.05, 0) is 47.8 Å². The maximum Gasteiger partial charge on any atom is 0.275 e. The summed E-state index contributed by atoms with van der Waals surface area (Å²) in [6.45, 7) is 5.72. The van der Waals surface area contributed by atoms with E-state index in [2.05, 4.69) is 31.4 Å². The van der Waals surface area contributed by atoms with Crippen molar-refractivity contribution in [2.45, 2.75) is 27.2 Å². The van der Waals surface area contributed by atoms with Gasteiger partial charge >= 0.3 is 0 Å². The number of imidazole rings is 1. The summed E-state index contributed by atoms with van der Waals surface area (Å²) in [4.78, 5) is 17.2. The number of carbonyl (C=O) groups excluding carboxylic acids is 1. The van der Waals surface area contributed by atoms with Crippen LogP contribution in [0.2, 0.25) is 0 Å². The van der Waals surface area contributed by atoms with E-state index in [1.165, 1.54) is 0 Å². The first-order chi connectivity index (χ1) is 10.5. The second-order valence-corrected chi connectivity index (χ2v) is 5.99. The van der Waals surface area contributed by atoms with Crippen LogP contribution in [0.1, 0.15) is 34.4 Å². The van der Waals surface area contributed by atoms with Crippen molar-refractivity contribution < 1.29 is 9.32 Å². The topological polar surface area (TPSA) is 72.4 Å². The number of amides is 1. The van der Waals surface area contributed by atoms with Gasteiger partial charge in [-0.15, -0.1) is 0 Å². The number of anilines is 1. The second kappa shape index (κ2) is 5.57. The molecule has 0 aliphatic rings. The zero-order valence-electron chi connectivity index (χ0n) is 12.5. The standard InChI is InChI=1S/C15H15BrN4O2/c1-4-11-13(15(21)18-12-6-9(3)22-19-12)20-7-10(16)5-8(2)14(20)17-11/h5-7H,4H2,1-3H3,(H,18,19,21). The maximum atomic E-state index is 12.6. The number of hydrogen-bond acceptors (Lipinski definition) is 4. The molecule has 0 aromatic carbocycles. The van der Waals surface area contributed by atoms with Crippen LogP contribution in [0.5, 0.6) is 0 Å². The molecule has 0 spiro atoms. The Balaban J connectivity index is 2.10. The van der Waals surface area contributed by atoms with E-state index >= 15 is 0 Å². The van der Waals surface area contributed by atoms with Crippen LogP contribution in [0.15, 0.2) is 27.3 Å². The molecule has 0 bridgehead atoms. The number of aryl methyl sites for hydroxylation is 3. The Morgan fingerprint density at radius 2 is 2.18 bits per heavy atom. The first kappa shape index (κ1) is 14.8. The normalized spacial score (nSPS) is 11.1. The van der Waals surface area contributed by atoms with E-state index in [-0.39, 0.29) is 5.91 Å². The Labute approximate surface area is 135 Å². The van der Waals surface area contributed by atoms with Crippen LogP contribution in [-0.4, -0.2) is 20.4 Å². The van der Waals surface area contributed by atoms with Crippen molar-refractivity contribution in [3.63, 3.8) is 0 Å². The van der Waals surface area contributed by atoms with Gasteiger partial charge in [0.15, 0.2) is 5.82 Å². The predicted molar refractivity (Wildman–Crippen MR) is 86.2 cm³/mol. The highest BCUT2D eigenvalue weighted by Crippen LogP contribution is 2.22. The van der Waals surface area contributed by atoms with E-state index in [0.717, 1.165) is 21.4 Å². The molecule has 1 amide bonds. The molecular weight excluding hydrogens is 348 g/mol. The van der Waals surface area contributed by atoms with Crippen LogP contribution < -0.4 is 5.32 Å². The second-order valence-electron chi connectivity index (χ2n) is 5.07. The predicted octanol–water partition coefficient (Wildman–Crippen LogP) is 3.52. The van der Waals surface area contributed by atoms with Crippen molar-refractivity contribution >= 4 is 33.3 Å². The number of nitrogens with one attached hydrogen (secondary N) is 1. The molecule has 22 heavy (non-hydrogen) atoms. The Morgan fingerprint density at radius 1 is 1.41 bits per heavy atom. The molecule has 114 valence electrons. The summed E-state index contributed by atoms with van der Waals surface area (Å²) in [5.74, 6) is 0.782. The van der Waals surface area contributed by atoms with E-state index < -0.39 is 0 Å². The lowest BCUT2D eigenvalue weighted by molar-refractivity contribution is 0.101. The molecule has 3 rings (SSSR count). The number of pyridine rings is 1. The SMILES string of the molecule is CCc1nc2c(C)cc(Br)cn2c1C(=O)Nc1cc(C)on1. The van der Waals surface area contributed by atoms with Gasteiger partial charge in [-0.25, -0.2) is 4.98 Å². The fourth-order valence-corrected chi connectivity index (χ4v) is 2.95. The van der Waals surface area contributed by atoms with Gasteiger partial charge < -0.3 is 9.84 Å². The van der Waals surface area contributed by atoms with Crippen LogP contribution in [0.3, 0.4) is 0 Å². The first-order valence-electron chi connectivity index (χ1n) is 6.91. The van der Waals surface area contributed by atoms with Crippen molar-refractivity contribution in [2.75, 3.05) is 5.32 Å². The molecule has 0 fully saturated rings. The maximum absolute atomic E-state index is 12.6. The van der Waals surface area contributed by atoms with E-state index in [1.54, 1.807) is 17.4 Å². The minimum atomic E-state index is -0.254. The van der Waals surface area contributed by atoms with Crippen LogP contribution >= 0.6 is 15.9 Å². The highest BCUT2D eigenvalue weighted by atomic mass is 79.9. The summed E-state index contributed by atoms with van der Waals surface area (Å²) >= 11 is 3.46. The molecule has 0 radical (unpaired) electrons. The van der Waals surface area contributed by atoms with Crippen LogP contribution in [0.25, 0.3) is 5.65 Å². The average molecular weight is 363 g/mol. The minimum Gasteiger partial charge on any atom is -0.360 e. The molecule has 6 nitrogen and oxygen atoms in total. The van der Waals surface area contributed by atoms with Gasteiger partial charge in [-0.3, -0.25) is 9.20 Å². The quantitative estimate of drug-likeness (QED) is 0.773. The lowest BCUT2D eigenvalue weighted by Gasteiger charge is -2.05. The summed E-state index contributed by atoms with van der Waals surface area (Å²) in [5.41, 5.74) is 3.04. The molecular formula is C15H15BrN4O2. The molecule has 0 atom stereocenters. The lowest BCUT2D eigenvalue weighted by Crippen LogP contribution is -2.16. The van der Waals surface area contributed by atoms with Crippen molar-refractivity contribution in [1.82, 2.24) is 14.5 Å². The Kier molecular flexibility index (Phi) is 3.74. The van der Waals surface area contributed by atoms with Crippen molar-refractivity contribution in [1.29, 1.82) is 0 Å². The average Bonchev–Trinajstić information content (AvgIpc) is 3.02. The van der Waals surface area contributed by atoms with Gasteiger partial charge in [-0.2, -0.15) is 0 Å². The summed E-state index contributed by atoms with van der Waals surface area (Å²) in [6.07, 6.45) is 2.51. The van der Waals surface area contributed by atoms with E-state index in [0.29, 0.717) is 23.7 Å². The molecule has 0 aliphatic heterocycles. The van der Waals surface area contributed by atoms with Crippen LogP contribution in [-0.2, 0) is 6.42 Å². The summed E-state index contributed by atoms with van der Waals surface area (Å²) in [5, 5.41) is 6.54. The number of nitrogens with zero attached hydrogens (tertiary/aromatic N) is 3. The zero-order valence-corrected chi connectivity index (χ0v) is 14.1. The first-order valence-corrected chi connectivity index (χ1v) is 7.70. The van der Waals surface area contributed by atoms with Crippen molar-refractivity contribution in [3.8, 4) is 0 Å². The van der Waals surface area contributed by atoms with Crippen molar-refractivity contribution in [2.24, 2.45) is 0 Å². The molecule has 1 N–H and O–H groups in total. The Bertz CT molecular complexity index is 866. The summed E-state index contributed by atoms with van der Waals surface area (Å²) < 4.78 is 7.67. The molecule has 0 saturated carbocycles. The van der Waals surface area contributed by atoms with Gasteiger partial charge in [0.2, 0.25) is 0 Å². The fourth-order valence-electron chi connectivity index (χ4n) is 2.40. The fraction of sp³-hybridized carbons (Fsp3) is 0.267. The van der Waals surface area contributed by atoms with Crippen LogP contribution in [0.4, 0.5) is 5.82 Å². The van der Waals surface area contributed by atoms with Crippen molar-refractivity contribution in [3.05, 3.63) is 45.5 Å². The minimum absolute atomic E-state index is 0.254. The highest BCUT2D eigenvalue weighted by Gasteiger charge is 2.20. The molecule has 0 aliphatic carbocycles. The lowest BCUT2D eigenvalue weighted by atomic mass is 10.2. The third kappa shape index (κ3) is 2.52. The van der Waals surface area contributed by atoms with Gasteiger partial charge in [-0.1, -0.05) is 12.1 Å². The molecule has 3 aromatic heterocycles. The third-order valence-corrected chi connectivity index (χ3v) is 3.80. The molecule has 7 heteroatoms. The number of carbonyl (C=O) groups is 1. The van der Waals surface area contributed by atoms with Gasteiger partial charge in [0.1, 0.15) is 17.1 Å². The largest absolute Gasteiger partial charge is 0.360 e. The molecule has 3 heterocycles. The van der Waals surface area contributed by atoms with E-state index in [9.17, 15) is 4.79 Å². The van der Waals surface area contributed by atoms with Gasteiger partial charge in [0.05, 0.1) is 5.69 Å². The number of halogens is 1. The number of hydrogen-bond donors (Lipinski definition) is 1. The molecule has 0 saturated heterocycles. The summed E-state index contributed by atoms with van der Waals surface area (Å²) in [7, 11) is 0. The number of rotatable bonds is 3. The van der Waals surface area contributed by atoms with Crippen LogP contribution in [0, 0.1) is 13.8 Å². The summed E-state index contributed by atoms with van der Waals surface area (Å²) in [6, 6.07) is 3.65. The monoisotopic (exact) mass is 362 g/mol. The number of aromatic nitrogens is 3. The highest BCUT2D eigenvalue weighted by molar-refractivity contribution is 9.10. The van der Waals surface area contributed by atoms with E-state index in [1.807, 2.05) is 26.1 Å². The zero-order chi connectivity index (χ0) is 15.9. The smallest absolute Gasteiger partial charge is 0.275 e. The van der Waals surface area contributed by atoms with E-state index in [4.69, 9.17) is 4.52 Å². The molecule has 0 unspecified atom stereocenters. The number of fused-ring (bicyclic) bond motifs is 1.